The van der Waals surface area contributed by atoms with Crippen molar-refractivity contribution >= 4 is 40.5 Å². The minimum atomic E-state index is -0.293. The van der Waals surface area contributed by atoms with Crippen molar-refractivity contribution in [2.45, 2.75) is 26.7 Å². The number of rotatable bonds is 6. The number of carbonyl (C=O) groups excluding carboxylic acids is 3. The molecule has 0 aliphatic carbocycles. The number of anilines is 4. The van der Waals surface area contributed by atoms with Crippen molar-refractivity contribution in [3.8, 4) is 0 Å². The summed E-state index contributed by atoms with van der Waals surface area (Å²) in [5.41, 5.74) is 2.96. The van der Waals surface area contributed by atoms with Gasteiger partial charge in [0.15, 0.2) is 0 Å². The minimum Gasteiger partial charge on any atom is -0.372 e. The van der Waals surface area contributed by atoms with Gasteiger partial charge in [0.05, 0.1) is 0 Å². The fraction of sp³-hybridized carbons (Fsp3) is 0.318. The van der Waals surface area contributed by atoms with Crippen LogP contribution in [0.15, 0.2) is 48.5 Å². The molecule has 2 aromatic carbocycles. The first-order valence-corrected chi connectivity index (χ1v) is 9.73. The van der Waals surface area contributed by atoms with Crippen LogP contribution in [0.25, 0.3) is 0 Å². The molecular weight excluding hydrogens is 368 g/mol. The Morgan fingerprint density at radius 3 is 2.24 bits per heavy atom. The van der Waals surface area contributed by atoms with Gasteiger partial charge < -0.3 is 20.4 Å². The Bertz CT molecular complexity index is 889. The van der Waals surface area contributed by atoms with Crippen LogP contribution in [0.2, 0.25) is 0 Å². The SMILES string of the molecule is CC(=O)Nc1cccc(N(CC(=O)Nc2ccc(N3CCCC3)cc2)C(C)=O)c1. The maximum atomic E-state index is 12.5. The van der Waals surface area contributed by atoms with Gasteiger partial charge in [-0.2, -0.15) is 0 Å². The monoisotopic (exact) mass is 394 g/mol. The Morgan fingerprint density at radius 2 is 1.62 bits per heavy atom. The number of benzene rings is 2. The molecule has 2 N–H and O–H groups in total. The summed E-state index contributed by atoms with van der Waals surface area (Å²) in [4.78, 5) is 39.6. The average Bonchev–Trinajstić information content (AvgIpc) is 3.21. The Labute approximate surface area is 170 Å². The van der Waals surface area contributed by atoms with Crippen LogP contribution in [0.1, 0.15) is 26.7 Å². The van der Waals surface area contributed by atoms with E-state index < -0.39 is 0 Å². The molecule has 3 amide bonds. The fourth-order valence-corrected chi connectivity index (χ4v) is 3.41. The lowest BCUT2D eigenvalue weighted by Gasteiger charge is -2.22. The van der Waals surface area contributed by atoms with E-state index in [1.54, 1.807) is 24.3 Å². The largest absolute Gasteiger partial charge is 0.372 e. The molecule has 0 atom stereocenters. The molecule has 1 aliphatic rings. The molecular formula is C22H26N4O3. The van der Waals surface area contributed by atoms with Crippen LogP contribution in [0.3, 0.4) is 0 Å². The summed E-state index contributed by atoms with van der Waals surface area (Å²) < 4.78 is 0. The normalized spacial score (nSPS) is 13.1. The van der Waals surface area contributed by atoms with E-state index in [-0.39, 0.29) is 24.3 Å². The van der Waals surface area contributed by atoms with Crippen LogP contribution in [0, 0.1) is 0 Å². The highest BCUT2D eigenvalue weighted by Crippen LogP contribution is 2.23. The van der Waals surface area contributed by atoms with Crippen molar-refractivity contribution in [2.24, 2.45) is 0 Å². The van der Waals surface area contributed by atoms with Gasteiger partial charge in [0, 0.05) is 49.7 Å². The van der Waals surface area contributed by atoms with Crippen LogP contribution in [0.4, 0.5) is 22.7 Å². The first-order valence-electron chi connectivity index (χ1n) is 9.73. The molecule has 3 rings (SSSR count). The van der Waals surface area contributed by atoms with E-state index >= 15 is 0 Å². The van der Waals surface area contributed by atoms with E-state index in [4.69, 9.17) is 0 Å². The van der Waals surface area contributed by atoms with Crippen molar-refractivity contribution in [2.75, 3.05) is 40.1 Å². The fourth-order valence-electron chi connectivity index (χ4n) is 3.41. The lowest BCUT2D eigenvalue weighted by atomic mass is 10.2. The summed E-state index contributed by atoms with van der Waals surface area (Å²) in [6.07, 6.45) is 2.42. The highest BCUT2D eigenvalue weighted by atomic mass is 16.2. The van der Waals surface area contributed by atoms with Crippen LogP contribution in [0.5, 0.6) is 0 Å². The van der Waals surface area contributed by atoms with Gasteiger partial charge in [-0.3, -0.25) is 14.4 Å². The molecule has 2 aromatic rings. The maximum Gasteiger partial charge on any atom is 0.244 e. The molecule has 1 heterocycles. The summed E-state index contributed by atoms with van der Waals surface area (Å²) in [6, 6.07) is 14.6. The van der Waals surface area contributed by atoms with E-state index in [1.165, 1.54) is 31.6 Å². The van der Waals surface area contributed by atoms with E-state index in [2.05, 4.69) is 15.5 Å². The summed E-state index contributed by atoms with van der Waals surface area (Å²) in [6.45, 7) is 4.83. The van der Waals surface area contributed by atoms with Crippen LogP contribution < -0.4 is 20.4 Å². The second-order valence-electron chi connectivity index (χ2n) is 7.13. The molecule has 0 radical (unpaired) electrons. The Kier molecular flexibility index (Phi) is 6.49. The summed E-state index contributed by atoms with van der Waals surface area (Å²) >= 11 is 0. The van der Waals surface area contributed by atoms with E-state index in [0.717, 1.165) is 18.8 Å². The standard InChI is InChI=1S/C22H26N4O3/c1-16(27)23-19-6-5-7-21(14-19)26(17(2)28)15-22(29)24-18-8-10-20(11-9-18)25-12-3-4-13-25/h5-11,14H,3-4,12-13,15H2,1-2H3,(H,23,27)(H,24,29). The smallest absolute Gasteiger partial charge is 0.244 e. The lowest BCUT2D eigenvalue weighted by molar-refractivity contribution is -0.120. The number of hydrogen-bond acceptors (Lipinski definition) is 4. The maximum absolute atomic E-state index is 12.5. The first-order chi connectivity index (χ1) is 13.9. The predicted octanol–water partition coefficient (Wildman–Crippen LogP) is 3.24. The van der Waals surface area contributed by atoms with Crippen molar-refractivity contribution < 1.29 is 14.4 Å². The molecule has 7 heteroatoms. The summed E-state index contributed by atoms with van der Waals surface area (Å²) in [7, 11) is 0. The minimum absolute atomic E-state index is 0.118. The molecule has 29 heavy (non-hydrogen) atoms. The van der Waals surface area contributed by atoms with Crippen molar-refractivity contribution in [1.29, 1.82) is 0 Å². The zero-order valence-electron chi connectivity index (χ0n) is 16.8. The van der Waals surface area contributed by atoms with Gasteiger partial charge in [-0.05, 0) is 55.3 Å². The Balaban J connectivity index is 1.65. The van der Waals surface area contributed by atoms with Crippen LogP contribution >= 0.6 is 0 Å². The van der Waals surface area contributed by atoms with E-state index in [1.807, 2.05) is 24.3 Å². The zero-order chi connectivity index (χ0) is 20.8. The van der Waals surface area contributed by atoms with Gasteiger partial charge in [0.25, 0.3) is 0 Å². The second-order valence-corrected chi connectivity index (χ2v) is 7.13. The molecule has 152 valence electrons. The number of nitrogens with one attached hydrogen (secondary N) is 2. The quantitative estimate of drug-likeness (QED) is 0.788. The molecule has 0 bridgehead atoms. The van der Waals surface area contributed by atoms with Gasteiger partial charge in [0.2, 0.25) is 17.7 Å². The lowest BCUT2D eigenvalue weighted by Crippen LogP contribution is -2.36. The molecule has 1 fully saturated rings. The highest BCUT2D eigenvalue weighted by Gasteiger charge is 2.17. The van der Waals surface area contributed by atoms with Gasteiger partial charge in [-0.25, -0.2) is 0 Å². The number of carbonyl (C=O) groups is 3. The Morgan fingerprint density at radius 1 is 0.931 bits per heavy atom. The Hall–Kier alpha value is -3.35. The third-order valence-corrected chi connectivity index (χ3v) is 4.78. The molecule has 0 unspecified atom stereocenters. The third-order valence-electron chi connectivity index (χ3n) is 4.78. The summed E-state index contributed by atoms with van der Waals surface area (Å²) in [5.74, 6) is -0.754. The molecule has 7 nitrogen and oxygen atoms in total. The summed E-state index contributed by atoms with van der Waals surface area (Å²) in [5, 5.41) is 5.52. The van der Waals surface area contributed by atoms with Crippen molar-refractivity contribution in [1.82, 2.24) is 0 Å². The van der Waals surface area contributed by atoms with Crippen LogP contribution in [-0.4, -0.2) is 37.4 Å². The van der Waals surface area contributed by atoms with Crippen molar-refractivity contribution in [3.05, 3.63) is 48.5 Å². The molecule has 0 saturated carbocycles. The second kappa shape index (κ2) is 9.23. The average molecular weight is 394 g/mol. The highest BCUT2D eigenvalue weighted by molar-refractivity contribution is 6.02. The topological polar surface area (TPSA) is 81.8 Å². The van der Waals surface area contributed by atoms with Gasteiger partial charge >= 0.3 is 0 Å². The van der Waals surface area contributed by atoms with E-state index in [0.29, 0.717) is 17.1 Å². The van der Waals surface area contributed by atoms with Crippen molar-refractivity contribution in [3.63, 3.8) is 0 Å². The first kappa shape index (κ1) is 20.4. The number of nitrogens with zero attached hydrogens (tertiary/aromatic N) is 2. The third kappa shape index (κ3) is 5.57. The molecule has 0 spiro atoms. The molecule has 1 saturated heterocycles. The number of amides is 3. The van der Waals surface area contributed by atoms with Crippen LogP contribution in [-0.2, 0) is 14.4 Å². The van der Waals surface area contributed by atoms with E-state index in [9.17, 15) is 14.4 Å². The zero-order valence-corrected chi connectivity index (χ0v) is 16.8. The molecule has 0 aromatic heterocycles. The van der Waals surface area contributed by atoms with Gasteiger partial charge in [-0.1, -0.05) is 6.07 Å². The van der Waals surface area contributed by atoms with Gasteiger partial charge in [-0.15, -0.1) is 0 Å². The number of hydrogen-bond donors (Lipinski definition) is 2. The predicted molar refractivity (Wildman–Crippen MR) is 115 cm³/mol. The molecule has 1 aliphatic heterocycles. The van der Waals surface area contributed by atoms with Gasteiger partial charge in [0.1, 0.15) is 6.54 Å².